The summed E-state index contributed by atoms with van der Waals surface area (Å²) in [5.74, 6) is -0.000370. The zero-order valence-electron chi connectivity index (χ0n) is 8.28. The van der Waals surface area contributed by atoms with Gasteiger partial charge < -0.3 is 15.1 Å². The minimum atomic E-state index is -0.000370. The van der Waals surface area contributed by atoms with Crippen molar-refractivity contribution in [1.82, 2.24) is 4.90 Å². The lowest BCUT2D eigenvalue weighted by molar-refractivity contribution is 0.0708. The number of carbonyl (C=O) groups is 1. The standard InChI is InChI=1S/C10H13BrN2O2/c11-9-4-7(6-15-9)10(14)13-3-1-2-8(12)5-13/h4,6,8H,1-3,5,12H2/t8-/m1/s1. The molecule has 0 unspecified atom stereocenters. The molecule has 82 valence electrons. The van der Waals surface area contributed by atoms with E-state index < -0.39 is 0 Å². The summed E-state index contributed by atoms with van der Waals surface area (Å²) in [6.45, 7) is 1.43. The summed E-state index contributed by atoms with van der Waals surface area (Å²) >= 11 is 3.17. The van der Waals surface area contributed by atoms with Crippen molar-refractivity contribution in [2.75, 3.05) is 13.1 Å². The Labute approximate surface area is 96.5 Å². The van der Waals surface area contributed by atoms with Crippen LogP contribution in [0.4, 0.5) is 0 Å². The minimum absolute atomic E-state index is 0.000370. The first-order chi connectivity index (χ1) is 7.16. The first-order valence-electron chi connectivity index (χ1n) is 4.95. The molecule has 2 N–H and O–H groups in total. The molecule has 1 saturated heterocycles. The quantitative estimate of drug-likeness (QED) is 0.845. The number of hydrogen-bond donors (Lipinski definition) is 1. The highest BCUT2D eigenvalue weighted by atomic mass is 79.9. The van der Waals surface area contributed by atoms with Crippen LogP contribution in [0.3, 0.4) is 0 Å². The molecule has 0 radical (unpaired) electrons. The molecule has 0 saturated carbocycles. The Bertz CT molecular complexity index is 364. The molecule has 4 nitrogen and oxygen atoms in total. The van der Waals surface area contributed by atoms with Gasteiger partial charge in [-0.15, -0.1) is 0 Å². The highest BCUT2D eigenvalue weighted by Crippen LogP contribution is 2.17. The number of likely N-dealkylation sites (tertiary alicyclic amines) is 1. The predicted molar refractivity (Wildman–Crippen MR) is 59.5 cm³/mol. The van der Waals surface area contributed by atoms with Gasteiger partial charge in [0.1, 0.15) is 6.26 Å². The molecule has 0 aromatic carbocycles. The number of hydrogen-bond acceptors (Lipinski definition) is 3. The highest BCUT2D eigenvalue weighted by Gasteiger charge is 2.23. The van der Waals surface area contributed by atoms with Crippen LogP contribution in [0.15, 0.2) is 21.4 Å². The summed E-state index contributed by atoms with van der Waals surface area (Å²) in [6, 6.07) is 1.79. The van der Waals surface area contributed by atoms with Gasteiger partial charge in [0.15, 0.2) is 4.67 Å². The number of furan rings is 1. The van der Waals surface area contributed by atoms with Gasteiger partial charge in [-0.1, -0.05) is 0 Å². The monoisotopic (exact) mass is 272 g/mol. The van der Waals surface area contributed by atoms with E-state index in [1.54, 1.807) is 11.0 Å². The Morgan fingerprint density at radius 1 is 1.67 bits per heavy atom. The smallest absolute Gasteiger partial charge is 0.257 e. The van der Waals surface area contributed by atoms with Crippen LogP contribution in [-0.4, -0.2) is 29.9 Å². The van der Waals surface area contributed by atoms with Crippen molar-refractivity contribution in [1.29, 1.82) is 0 Å². The van der Waals surface area contributed by atoms with Crippen molar-refractivity contribution in [3.63, 3.8) is 0 Å². The van der Waals surface area contributed by atoms with E-state index in [-0.39, 0.29) is 11.9 Å². The van der Waals surface area contributed by atoms with E-state index in [4.69, 9.17) is 10.2 Å². The fourth-order valence-electron chi connectivity index (χ4n) is 1.80. The lowest BCUT2D eigenvalue weighted by atomic mass is 10.1. The molecule has 15 heavy (non-hydrogen) atoms. The molecule has 2 heterocycles. The van der Waals surface area contributed by atoms with Crippen molar-refractivity contribution in [3.8, 4) is 0 Å². The van der Waals surface area contributed by atoms with Gasteiger partial charge in [-0.05, 0) is 28.8 Å². The molecule has 1 atom stereocenters. The van der Waals surface area contributed by atoms with E-state index in [2.05, 4.69) is 15.9 Å². The molecule has 1 aliphatic heterocycles. The Morgan fingerprint density at radius 2 is 2.47 bits per heavy atom. The van der Waals surface area contributed by atoms with Gasteiger partial charge >= 0.3 is 0 Å². The first-order valence-corrected chi connectivity index (χ1v) is 5.75. The van der Waals surface area contributed by atoms with Crippen LogP contribution in [0.1, 0.15) is 23.2 Å². The Hall–Kier alpha value is -0.810. The van der Waals surface area contributed by atoms with Crippen molar-refractivity contribution < 1.29 is 9.21 Å². The summed E-state index contributed by atoms with van der Waals surface area (Å²) in [4.78, 5) is 13.7. The van der Waals surface area contributed by atoms with E-state index >= 15 is 0 Å². The fourth-order valence-corrected chi connectivity index (χ4v) is 2.14. The topological polar surface area (TPSA) is 59.5 Å². The third-order valence-electron chi connectivity index (χ3n) is 2.56. The van der Waals surface area contributed by atoms with Crippen LogP contribution in [0, 0.1) is 0 Å². The second-order valence-corrected chi connectivity index (χ2v) is 4.57. The van der Waals surface area contributed by atoms with Crippen LogP contribution in [-0.2, 0) is 0 Å². The van der Waals surface area contributed by atoms with Crippen LogP contribution in [0.5, 0.6) is 0 Å². The number of amides is 1. The molecular weight excluding hydrogens is 260 g/mol. The summed E-state index contributed by atoms with van der Waals surface area (Å²) < 4.78 is 5.62. The molecule has 0 bridgehead atoms. The summed E-state index contributed by atoms with van der Waals surface area (Å²) in [6.07, 6.45) is 3.44. The van der Waals surface area contributed by atoms with Crippen LogP contribution in [0.25, 0.3) is 0 Å². The van der Waals surface area contributed by atoms with E-state index in [1.165, 1.54) is 6.26 Å². The van der Waals surface area contributed by atoms with E-state index in [9.17, 15) is 4.79 Å². The molecule has 1 aromatic heterocycles. The van der Waals surface area contributed by atoms with E-state index in [1.807, 2.05) is 0 Å². The molecule has 0 spiro atoms. The van der Waals surface area contributed by atoms with Crippen molar-refractivity contribution >= 4 is 21.8 Å². The highest BCUT2D eigenvalue weighted by molar-refractivity contribution is 9.10. The molecule has 1 amide bonds. The van der Waals surface area contributed by atoms with Crippen LogP contribution < -0.4 is 5.73 Å². The molecular formula is C10H13BrN2O2. The maximum atomic E-state index is 11.9. The summed E-state index contributed by atoms with van der Waals surface area (Å²) in [7, 11) is 0. The molecule has 0 aliphatic carbocycles. The van der Waals surface area contributed by atoms with Gasteiger partial charge in [0.25, 0.3) is 5.91 Å². The van der Waals surface area contributed by atoms with Gasteiger partial charge in [0.2, 0.25) is 0 Å². The van der Waals surface area contributed by atoms with Crippen LogP contribution >= 0.6 is 15.9 Å². The van der Waals surface area contributed by atoms with Crippen molar-refractivity contribution in [2.24, 2.45) is 5.73 Å². The number of piperidine rings is 1. The van der Waals surface area contributed by atoms with Gasteiger partial charge in [-0.25, -0.2) is 0 Å². The summed E-state index contributed by atoms with van der Waals surface area (Å²) in [5.41, 5.74) is 6.40. The average molecular weight is 273 g/mol. The predicted octanol–water partition coefficient (Wildman–Crippen LogP) is 1.61. The van der Waals surface area contributed by atoms with Gasteiger partial charge in [0, 0.05) is 25.2 Å². The molecule has 1 fully saturated rings. The van der Waals surface area contributed by atoms with Gasteiger partial charge in [-0.2, -0.15) is 0 Å². The van der Waals surface area contributed by atoms with Crippen molar-refractivity contribution in [2.45, 2.75) is 18.9 Å². The zero-order valence-corrected chi connectivity index (χ0v) is 9.87. The maximum absolute atomic E-state index is 11.9. The van der Waals surface area contributed by atoms with E-state index in [0.29, 0.717) is 16.8 Å². The van der Waals surface area contributed by atoms with Crippen molar-refractivity contribution in [3.05, 3.63) is 22.6 Å². The maximum Gasteiger partial charge on any atom is 0.257 e. The number of nitrogens with two attached hydrogens (primary N) is 1. The first kappa shape index (κ1) is 10.7. The Morgan fingerprint density at radius 3 is 3.07 bits per heavy atom. The molecule has 2 rings (SSSR count). The Balaban J connectivity index is 2.07. The zero-order chi connectivity index (χ0) is 10.8. The number of halogens is 1. The molecule has 5 heteroatoms. The molecule has 1 aliphatic rings. The normalized spacial score (nSPS) is 21.7. The third kappa shape index (κ3) is 2.41. The molecule has 1 aromatic rings. The second kappa shape index (κ2) is 4.37. The number of carbonyl (C=O) groups excluding carboxylic acids is 1. The van der Waals surface area contributed by atoms with Crippen LogP contribution in [0.2, 0.25) is 0 Å². The second-order valence-electron chi connectivity index (χ2n) is 3.79. The fraction of sp³-hybridized carbons (Fsp3) is 0.500. The lowest BCUT2D eigenvalue weighted by Crippen LogP contribution is -2.45. The average Bonchev–Trinajstić information content (AvgIpc) is 2.64. The van der Waals surface area contributed by atoms with E-state index in [0.717, 1.165) is 19.4 Å². The minimum Gasteiger partial charge on any atom is -0.457 e. The van der Waals surface area contributed by atoms with Gasteiger partial charge in [0.05, 0.1) is 5.56 Å². The number of nitrogens with zero attached hydrogens (tertiary/aromatic N) is 1. The largest absolute Gasteiger partial charge is 0.457 e. The summed E-state index contributed by atoms with van der Waals surface area (Å²) in [5, 5.41) is 0. The SMILES string of the molecule is N[C@@H]1CCCN(C(=O)c2coc(Br)c2)C1. The lowest BCUT2D eigenvalue weighted by Gasteiger charge is -2.30. The third-order valence-corrected chi connectivity index (χ3v) is 2.98. The number of rotatable bonds is 1. The van der Waals surface area contributed by atoms with Gasteiger partial charge in [-0.3, -0.25) is 4.79 Å². The Kier molecular flexibility index (Phi) is 3.11.